The standard InChI is InChI=1S/C14H15ClN4O/c1-18(2)9-11-3-6-13(7-4-11)16-17-14-8-5-12(15)10-19(14)20/h3-8,10H,9H2,1-2H3/b17-16+. The Labute approximate surface area is 122 Å². The molecule has 0 saturated carbocycles. The minimum atomic E-state index is 0.201. The van der Waals surface area contributed by atoms with Crippen molar-refractivity contribution in [1.82, 2.24) is 4.90 Å². The van der Waals surface area contributed by atoms with E-state index in [0.717, 1.165) is 6.54 Å². The van der Waals surface area contributed by atoms with Gasteiger partial charge in [0.15, 0.2) is 0 Å². The Morgan fingerprint density at radius 1 is 1.10 bits per heavy atom. The van der Waals surface area contributed by atoms with Crippen molar-refractivity contribution in [3.05, 3.63) is 58.4 Å². The van der Waals surface area contributed by atoms with Crippen molar-refractivity contribution in [1.29, 1.82) is 0 Å². The number of azo groups is 1. The second kappa shape index (κ2) is 6.45. The lowest BCUT2D eigenvalue weighted by Gasteiger charge is -2.08. The van der Waals surface area contributed by atoms with Crippen LogP contribution in [-0.4, -0.2) is 19.0 Å². The Morgan fingerprint density at radius 2 is 1.80 bits per heavy atom. The second-order valence-corrected chi connectivity index (χ2v) is 5.07. The van der Waals surface area contributed by atoms with Crippen molar-refractivity contribution >= 4 is 23.1 Å². The van der Waals surface area contributed by atoms with Crippen molar-refractivity contribution in [3.8, 4) is 0 Å². The Balaban J connectivity index is 2.11. The first kappa shape index (κ1) is 14.4. The van der Waals surface area contributed by atoms with Gasteiger partial charge in [0.2, 0.25) is 0 Å². The van der Waals surface area contributed by atoms with Crippen LogP contribution in [0.15, 0.2) is 52.8 Å². The van der Waals surface area contributed by atoms with Crippen LogP contribution in [0.3, 0.4) is 0 Å². The molecule has 0 spiro atoms. The van der Waals surface area contributed by atoms with Crippen molar-refractivity contribution in [2.75, 3.05) is 14.1 Å². The summed E-state index contributed by atoms with van der Waals surface area (Å²) >= 11 is 5.70. The zero-order valence-electron chi connectivity index (χ0n) is 11.3. The van der Waals surface area contributed by atoms with E-state index in [1.54, 1.807) is 6.07 Å². The summed E-state index contributed by atoms with van der Waals surface area (Å²) in [7, 11) is 4.03. The van der Waals surface area contributed by atoms with E-state index in [0.29, 0.717) is 15.4 Å². The molecule has 1 aromatic carbocycles. The van der Waals surface area contributed by atoms with E-state index in [9.17, 15) is 5.21 Å². The number of halogens is 1. The molecular formula is C14H15ClN4O. The molecule has 0 radical (unpaired) electrons. The molecule has 0 saturated heterocycles. The number of aromatic nitrogens is 1. The molecule has 0 N–H and O–H groups in total. The molecule has 2 aromatic rings. The van der Waals surface area contributed by atoms with Crippen molar-refractivity contribution in [3.63, 3.8) is 0 Å². The first-order chi connectivity index (χ1) is 9.54. The van der Waals surface area contributed by atoms with Crippen LogP contribution in [0.25, 0.3) is 0 Å². The van der Waals surface area contributed by atoms with Gasteiger partial charge in [-0.25, -0.2) is 4.73 Å². The fourth-order valence-electron chi connectivity index (χ4n) is 1.67. The molecule has 0 fully saturated rings. The number of hydrogen-bond donors (Lipinski definition) is 0. The molecule has 0 amide bonds. The van der Waals surface area contributed by atoms with Crippen LogP contribution in [0, 0.1) is 5.21 Å². The Kier molecular flexibility index (Phi) is 4.65. The number of nitrogens with zero attached hydrogens (tertiary/aromatic N) is 4. The molecule has 0 aliphatic carbocycles. The summed E-state index contributed by atoms with van der Waals surface area (Å²) in [6.07, 6.45) is 1.25. The maximum atomic E-state index is 11.5. The molecule has 5 nitrogen and oxygen atoms in total. The molecule has 0 bridgehead atoms. The third-order valence-electron chi connectivity index (χ3n) is 2.56. The summed E-state index contributed by atoms with van der Waals surface area (Å²) in [5.74, 6) is 0.201. The number of rotatable bonds is 4. The van der Waals surface area contributed by atoms with E-state index >= 15 is 0 Å². The van der Waals surface area contributed by atoms with Gasteiger partial charge < -0.3 is 10.1 Å². The van der Waals surface area contributed by atoms with Crippen LogP contribution in [-0.2, 0) is 6.54 Å². The van der Waals surface area contributed by atoms with Crippen LogP contribution in [0.2, 0.25) is 5.02 Å². The summed E-state index contributed by atoms with van der Waals surface area (Å²) in [6, 6.07) is 10.8. The van der Waals surface area contributed by atoms with Crippen molar-refractivity contribution in [2.45, 2.75) is 6.54 Å². The SMILES string of the molecule is CN(C)Cc1ccc(/N=N/c2ccc(Cl)c[n+]2[O-])cc1. The van der Waals surface area contributed by atoms with Gasteiger partial charge in [-0.05, 0) is 43.0 Å². The van der Waals surface area contributed by atoms with Gasteiger partial charge in [0, 0.05) is 12.6 Å². The molecule has 0 aliphatic rings. The largest absolute Gasteiger partial charge is 0.710 e. The third kappa shape index (κ3) is 4.01. The monoisotopic (exact) mass is 290 g/mol. The lowest BCUT2D eigenvalue weighted by molar-refractivity contribution is -0.591. The van der Waals surface area contributed by atoms with Gasteiger partial charge >= 0.3 is 5.82 Å². The second-order valence-electron chi connectivity index (χ2n) is 4.64. The third-order valence-corrected chi connectivity index (χ3v) is 2.78. The molecule has 104 valence electrons. The summed E-state index contributed by atoms with van der Waals surface area (Å²) < 4.78 is 0.590. The van der Waals surface area contributed by atoms with E-state index in [1.165, 1.54) is 17.8 Å². The minimum absolute atomic E-state index is 0.201. The van der Waals surface area contributed by atoms with Gasteiger partial charge in [0.05, 0.1) is 10.1 Å². The highest BCUT2D eigenvalue weighted by molar-refractivity contribution is 6.30. The summed E-state index contributed by atoms with van der Waals surface area (Å²) in [5.41, 5.74) is 1.89. The zero-order valence-corrected chi connectivity index (χ0v) is 12.1. The molecule has 1 heterocycles. The van der Waals surface area contributed by atoms with Crippen LogP contribution < -0.4 is 4.73 Å². The zero-order chi connectivity index (χ0) is 14.5. The summed E-state index contributed by atoms with van der Waals surface area (Å²) in [4.78, 5) is 2.09. The molecule has 0 aliphatic heterocycles. The topological polar surface area (TPSA) is 54.9 Å². The summed E-state index contributed by atoms with van der Waals surface area (Å²) in [6.45, 7) is 0.870. The lowest BCUT2D eigenvalue weighted by Crippen LogP contribution is -2.25. The summed E-state index contributed by atoms with van der Waals surface area (Å²) in [5, 5.41) is 19.8. The number of pyridine rings is 1. The normalized spacial score (nSPS) is 11.4. The van der Waals surface area contributed by atoms with E-state index < -0.39 is 0 Å². The smallest absolute Gasteiger partial charge is 0.353 e. The van der Waals surface area contributed by atoms with Gasteiger partial charge in [0.25, 0.3) is 0 Å². The van der Waals surface area contributed by atoms with Gasteiger partial charge in [-0.3, -0.25) is 0 Å². The Bertz CT molecular complexity index is 611. The number of benzene rings is 1. The van der Waals surface area contributed by atoms with E-state index in [2.05, 4.69) is 15.1 Å². The van der Waals surface area contributed by atoms with E-state index in [1.807, 2.05) is 38.4 Å². The maximum Gasteiger partial charge on any atom is 0.353 e. The highest BCUT2D eigenvalue weighted by atomic mass is 35.5. The molecule has 6 heteroatoms. The molecule has 2 rings (SSSR count). The minimum Gasteiger partial charge on any atom is -0.710 e. The molecule has 1 aromatic heterocycles. The first-order valence-electron chi connectivity index (χ1n) is 6.09. The number of hydrogen-bond acceptors (Lipinski definition) is 4. The van der Waals surface area contributed by atoms with Crippen LogP contribution in [0.1, 0.15) is 5.56 Å². The van der Waals surface area contributed by atoms with Crippen molar-refractivity contribution in [2.24, 2.45) is 10.2 Å². The van der Waals surface area contributed by atoms with Crippen LogP contribution in [0.4, 0.5) is 11.5 Å². The Morgan fingerprint density at radius 3 is 2.40 bits per heavy atom. The average Bonchev–Trinajstić information content (AvgIpc) is 2.39. The fourth-order valence-corrected chi connectivity index (χ4v) is 1.82. The lowest BCUT2D eigenvalue weighted by atomic mass is 10.2. The first-order valence-corrected chi connectivity index (χ1v) is 6.46. The predicted octanol–water partition coefficient (Wildman–Crippen LogP) is 3.45. The van der Waals surface area contributed by atoms with Crippen LogP contribution in [0.5, 0.6) is 0 Å². The van der Waals surface area contributed by atoms with Crippen molar-refractivity contribution < 1.29 is 4.73 Å². The van der Waals surface area contributed by atoms with Gasteiger partial charge in [-0.2, -0.15) is 0 Å². The highest BCUT2D eigenvalue weighted by Gasteiger charge is 2.04. The van der Waals surface area contributed by atoms with Gasteiger partial charge in [-0.1, -0.05) is 23.7 Å². The highest BCUT2D eigenvalue weighted by Crippen LogP contribution is 2.17. The van der Waals surface area contributed by atoms with Gasteiger partial charge in [0.1, 0.15) is 11.9 Å². The van der Waals surface area contributed by atoms with Crippen LogP contribution >= 0.6 is 11.6 Å². The van der Waals surface area contributed by atoms with E-state index in [-0.39, 0.29) is 5.82 Å². The fraction of sp³-hybridized carbons (Fsp3) is 0.214. The molecule has 0 unspecified atom stereocenters. The predicted molar refractivity (Wildman–Crippen MR) is 78.4 cm³/mol. The van der Waals surface area contributed by atoms with Gasteiger partial charge in [-0.15, -0.1) is 0 Å². The quantitative estimate of drug-likeness (QED) is 0.492. The van der Waals surface area contributed by atoms with E-state index in [4.69, 9.17) is 11.6 Å². The Hall–Kier alpha value is -1.98. The molecule has 0 atom stereocenters. The molecular weight excluding hydrogens is 276 g/mol. The molecule has 20 heavy (non-hydrogen) atoms. The maximum absolute atomic E-state index is 11.5. The average molecular weight is 291 g/mol.